The molecule has 1 aromatic heterocycles. The van der Waals surface area contributed by atoms with E-state index in [0.717, 1.165) is 29.4 Å². The number of fused-ring (bicyclic) bond motifs is 8. The van der Waals surface area contributed by atoms with E-state index in [9.17, 15) is 9.59 Å². The van der Waals surface area contributed by atoms with Gasteiger partial charge in [0.25, 0.3) is 5.79 Å². The summed E-state index contributed by atoms with van der Waals surface area (Å²) in [4.78, 5) is 26.6. The zero-order valence-electron chi connectivity index (χ0n) is 18.2. The average molecular weight is 408 g/mol. The van der Waals surface area contributed by atoms with Gasteiger partial charge < -0.3 is 13.9 Å². The molecule has 6 atom stereocenters. The lowest BCUT2D eigenvalue weighted by Crippen LogP contribution is -2.62. The summed E-state index contributed by atoms with van der Waals surface area (Å²) in [6, 6.07) is 5.59. The summed E-state index contributed by atoms with van der Waals surface area (Å²) in [5.41, 5.74) is 2.33. The molecule has 5 heteroatoms. The van der Waals surface area contributed by atoms with E-state index < -0.39 is 17.5 Å². The SMILES string of the molecule is CC(C)=CC(=O)[C@]12Oc3c(c(=O)oc4cccc(C)c34)[C@@H](O1)[C@H]1[C@H](CC[C@@H]1C)[C@H]2C. The molecule has 1 aliphatic carbocycles. The maximum Gasteiger partial charge on any atom is 0.345 e. The third kappa shape index (κ3) is 2.51. The maximum absolute atomic E-state index is 13.5. The molecule has 3 aliphatic rings. The van der Waals surface area contributed by atoms with Crippen molar-refractivity contribution in [1.82, 2.24) is 0 Å². The molecular formula is C25H28O5. The maximum atomic E-state index is 13.5. The van der Waals surface area contributed by atoms with Gasteiger partial charge in [-0.3, -0.25) is 4.79 Å². The number of rotatable bonds is 2. The molecule has 1 saturated carbocycles. The third-order valence-corrected chi connectivity index (χ3v) is 7.43. The summed E-state index contributed by atoms with van der Waals surface area (Å²) < 4.78 is 18.7. The molecule has 0 amide bonds. The fourth-order valence-electron chi connectivity index (χ4n) is 5.99. The molecule has 158 valence electrons. The zero-order valence-corrected chi connectivity index (χ0v) is 18.2. The van der Waals surface area contributed by atoms with Crippen molar-refractivity contribution in [2.75, 3.05) is 0 Å². The quantitative estimate of drug-likeness (QED) is 0.511. The Morgan fingerprint density at radius 1 is 1.20 bits per heavy atom. The van der Waals surface area contributed by atoms with Gasteiger partial charge in [0.1, 0.15) is 23.0 Å². The molecule has 2 bridgehead atoms. The molecule has 1 saturated heterocycles. The lowest BCUT2D eigenvalue weighted by molar-refractivity contribution is -0.290. The van der Waals surface area contributed by atoms with E-state index >= 15 is 0 Å². The first-order chi connectivity index (χ1) is 14.2. The first-order valence-electron chi connectivity index (χ1n) is 10.9. The third-order valence-electron chi connectivity index (χ3n) is 7.43. The predicted molar refractivity (Wildman–Crippen MR) is 113 cm³/mol. The van der Waals surface area contributed by atoms with Gasteiger partial charge in [-0.15, -0.1) is 0 Å². The number of aryl methyl sites for hydroxylation is 1. The largest absolute Gasteiger partial charge is 0.453 e. The van der Waals surface area contributed by atoms with Crippen molar-refractivity contribution >= 4 is 16.8 Å². The number of benzene rings is 1. The van der Waals surface area contributed by atoms with Gasteiger partial charge in [0.2, 0.25) is 5.78 Å². The van der Waals surface area contributed by atoms with Gasteiger partial charge in [-0.05, 0) is 62.7 Å². The van der Waals surface area contributed by atoms with E-state index in [-0.39, 0.29) is 23.5 Å². The van der Waals surface area contributed by atoms with Crippen LogP contribution in [0.4, 0.5) is 0 Å². The van der Waals surface area contributed by atoms with Gasteiger partial charge in [0, 0.05) is 5.92 Å². The smallest absolute Gasteiger partial charge is 0.345 e. The van der Waals surface area contributed by atoms with Crippen LogP contribution < -0.4 is 10.4 Å². The van der Waals surface area contributed by atoms with Crippen LogP contribution in [-0.4, -0.2) is 11.6 Å². The molecule has 30 heavy (non-hydrogen) atoms. The number of ketones is 1. The Balaban J connectivity index is 1.83. The highest BCUT2D eigenvalue weighted by atomic mass is 16.7. The van der Waals surface area contributed by atoms with Crippen LogP contribution in [-0.2, 0) is 9.53 Å². The molecule has 0 spiro atoms. The van der Waals surface area contributed by atoms with Gasteiger partial charge in [-0.25, -0.2) is 4.79 Å². The van der Waals surface area contributed by atoms with Crippen LogP contribution >= 0.6 is 0 Å². The summed E-state index contributed by atoms with van der Waals surface area (Å²) >= 11 is 0. The summed E-state index contributed by atoms with van der Waals surface area (Å²) in [6.07, 6.45) is 3.17. The second-order valence-electron chi connectivity index (χ2n) is 9.56. The minimum atomic E-state index is -1.41. The van der Waals surface area contributed by atoms with Crippen LogP contribution in [0.3, 0.4) is 0 Å². The van der Waals surface area contributed by atoms with Crippen molar-refractivity contribution in [2.45, 2.75) is 59.4 Å². The Bertz CT molecular complexity index is 1140. The highest BCUT2D eigenvalue weighted by Gasteiger charge is 2.64. The monoisotopic (exact) mass is 408 g/mol. The second-order valence-corrected chi connectivity index (χ2v) is 9.56. The van der Waals surface area contributed by atoms with Crippen LogP contribution in [0.2, 0.25) is 0 Å². The first-order valence-corrected chi connectivity index (χ1v) is 10.9. The number of hydrogen-bond donors (Lipinski definition) is 0. The summed E-state index contributed by atoms with van der Waals surface area (Å²) in [5.74, 6) is -0.422. The number of hydrogen-bond acceptors (Lipinski definition) is 5. The molecule has 0 N–H and O–H groups in total. The fourth-order valence-corrected chi connectivity index (χ4v) is 5.99. The van der Waals surface area contributed by atoms with Crippen molar-refractivity contribution in [2.24, 2.45) is 23.7 Å². The average Bonchev–Trinajstić information content (AvgIpc) is 3.07. The standard InChI is InChI=1S/C25H28O5/c1-12(2)11-18(26)25-15(5)16-10-9-14(4)19(16)22(29-25)21-23(30-25)20-13(3)7-6-8-17(20)28-24(21)27/h6-8,11,14-16,19,22H,9-10H2,1-5H3/t14-,15+,16+,19+,22-,25-/m0/s1. The van der Waals surface area contributed by atoms with Crippen LogP contribution in [0.15, 0.2) is 39.1 Å². The lowest BCUT2D eigenvalue weighted by Gasteiger charge is -2.53. The topological polar surface area (TPSA) is 65.7 Å². The molecule has 5 nitrogen and oxygen atoms in total. The van der Waals surface area contributed by atoms with Crippen molar-refractivity contribution in [3.8, 4) is 5.75 Å². The molecule has 2 fully saturated rings. The first kappa shape index (κ1) is 19.6. The summed E-state index contributed by atoms with van der Waals surface area (Å²) in [6.45, 7) is 10.0. The Kier molecular flexibility index (Phi) is 4.27. The number of ether oxygens (including phenoxy) is 2. The lowest BCUT2D eigenvalue weighted by atomic mass is 9.69. The highest BCUT2D eigenvalue weighted by molar-refractivity contribution is 5.98. The van der Waals surface area contributed by atoms with Crippen molar-refractivity contribution in [1.29, 1.82) is 0 Å². The van der Waals surface area contributed by atoms with Gasteiger partial charge >= 0.3 is 5.63 Å². The number of carbonyl (C=O) groups is 1. The normalized spacial score (nSPS) is 34.1. The molecule has 1 aromatic carbocycles. The van der Waals surface area contributed by atoms with Crippen molar-refractivity contribution < 1.29 is 18.7 Å². The van der Waals surface area contributed by atoms with E-state index in [2.05, 4.69) is 13.8 Å². The summed E-state index contributed by atoms with van der Waals surface area (Å²) in [5, 5.41) is 0.756. The molecule has 0 unspecified atom stereocenters. The van der Waals surface area contributed by atoms with Crippen LogP contribution in [0.5, 0.6) is 5.75 Å². The van der Waals surface area contributed by atoms with Crippen LogP contribution in [0.1, 0.15) is 57.8 Å². The minimum absolute atomic E-state index is 0.119. The van der Waals surface area contributed by atoms with Gasteiger partial charge in [0.05, 0.1) is 5.39 Å². The minimum Gasteiger partial charge on any atom is -0.453 e. The zero-order chi connectivity index (χ0) is 21.4. The van der Waals surface area contributed by atoms with E-state index in [0.29, 0.717) is 22.8 Å². The molecule has 2 aromatic rings. The van der Waals surface area contributed by atoms with Crippen LogP contribution in [0.25, 0.3) is 11.0 Å². The van der Waals surface area contributed by atoms with Crippen molar-refractivity contribution in [3.63, 3.8) is 0 Å². The summed E-state index contributed by atoms with van der Waals surface area (Å²) in [7, 11) is 0. The molecule has 0 radical (unpaired) electrons. The van der Waals surface area contributed by atoms with E-state index in [1.165, 1.54) is 0 Å². The Morgan fingerprint density at radius 3 is 2.70 bits per heavy atom. The van der Waals surface area contributed by atoms with Gasteiger partial charge in [0.15, 0.2) is 0 Å². The molecule has 3 heterocycles. The van der Waals surface area contributed by atoms with Crippen LogP contribution in [0, 0.1) is 30.6 Å². The number of carbonyl (C=O) groups excluding carboxylic acids is 1. The number of allylic oxidation sites excluding steroid dienone is 1. The molecule has 2 aliphatic heterocycles. The van der Waals surface area contributed by atoms with E-state index in [1.807, 2.05) is 32.9 Å². The Morgan fingerprint density at radius 2 is 1.97 bits per heavy atom. The van der Waals surface area contributed by atoms with E-state index in [1.54, 1.807) is 12.1 Å². The van der Waals surface area contributed by atoms with E-state index in [4.69, 9.17) is 13.9 Å². The van der Waals surface area contributed by atoms with Gasteiger partial charge in [-0.1, -0.05) is 38.0 Å². The van der Waals surface area contributed by atoms with Gasteiger partial charge in [-0.2, -0.15) is 0 Å². The highest BCUT2D eigenvalue weighted by Crippen LogP contribution is 2.61. The molecule has 5 rings (SSSR count). The molecular weight excluding hydrogens is 380 g/mol. The van der Waals surface area contributed by atoms with Crippen molar-refractivity contribution in [3.05, 3.63) is 51.4 Å². The predicted octanol–water partition coefficient (Wildman–Crippen LogP) is 5.10. The Labute approximate surface area is 176 Å². The fraction of sp³-hybridized carbons (Fsp3) is 0.520. The Hall–Kier alpha value is -2.40. The second kappa shape index (κ2) is 6.55.